The van der Waals surface area contributed by atoms with Crippen LogP contribution in [0.5, 0.6) is 5.75 Å². The monoisotopic (exact) mass is 272 g/mol. The maximum absolute atomic E-state index is 10.7. The number of hydrogen-bond acceptors (Lipinski definition) is 3. The van der Waals surface area contributed by atoms with Crippen molar-refractivity contribution in [2.75, 3.05) is 7.11 Å². The lowest BCUT2D eigenvalue weighted by Crippen LogP contribution is -2.21. The molecule has 4 N–H and O–H groups in total. The first-order valence-corrected chi connectivity index (χ1v) is 5.21. The first-order valence-electron chi connectivity index (χ1n) is 4.42. The molecule has 0 spiro atoms. The van der Waals surface area contributed by atoms with Gasteiger partial charge in [0.15, 0.2) is 0 Å². The molecule has 0 unspecified atom stereocenters. The number of methoxy groups -OCH3 is 1. The third kappa shape index (κ3) is 3.21. The number of carbonyl (C=O) groups excluding carboxylic acids is 1. The predicted molar refractivity (Wildman–Crippen MR) is 61.4 cm³/mol. The Hall–Kier alpha value is -1.07. The Morgan fingerprint density at radius 2 is 2.27 bits per heavy atom. The molecule has 0 fully saturated rings. The number of ether oxygens (including phenoxy) is 1. The standard InChI is InChI=1S/C10H13BrN2O2/c1-15-6-2-3-8(11)7(4-6)9(12)5-10(13)14/h2-4,9H,5,12H2,1H3,(H2,13,14)/t9-/m0/s1. The van der Waals surface area contributed by atoms with Crippen LogP contribution in [0.1, 0.15) is 18.0 Å². The highest BCUT2D eigenvalue weighted by molar-refractivity contribution is 9.10. The lowest BCUT2D eigenvalue weighted by molar-refractivity contribution is -0.118. The van der Waals surface area contributed by atoms with Crippen LogP contribution < -0.4 is 16.2 Å². The molecule has 4 nitrogen and oxygen atoms in total. The highest BCUT2D eigenvalue weighted by Crippen LogP contribution is 2.27. The van der Waals surface area contributed by atoms with Gasteiger partial charge in [-0.3, -0.25) is 4.79 Å². The van der Waals surface area contributed by atoms with Crippen molar-refractivity contribution < 1.29 is 9.53 Å². The topological polar surface area (TPSA) is 78.3 Å². The molecule has 15 heavy (non-hydrogen) atoms. The Bertz CT molecular complexity index is 368. The minimum atomic E-state index is -0.419. The smallest absolute Gasteiger partial charge is 0.219 e. The summed E-state index contributed by atoms with van der Waals surface area (Å²) in [5.41, 5.74) is 11.7. The summed E-state index contributed by atoms with van der Waals surface area (Å²) in [5.74, 6) is 0.283. The van der Waals surface area contributed by atoms with Gasteiger partial charge in [0.25, 0.3) is 0 Å². The first-order chi connectivity index (χ1) is 7.04. The molecule has 5 heteroatoms. The summed E-state index contributed by atoms with van der Waals surface area (Å²) in [6.45, 7) is 0. The van der Waals surface area contributed by atoms with Crippen molar-refractivity contribution >= 4 is 21.8 Å². The van der Waals surface area contributed by atoms with Crippen LogP contribution in [0.25, 0.3) is 0 Å². The molecule has 82 valence electrons. The number of halogens is 1. The maximum atomic E-state index is 10.7. The zero-order chi connectivity index (χ0) is 11.4. The molecule has 0 radical (unpaired) electrons. The van der Waals surface area contributed by atoms with Crippen molar-refractivity contribution in [3.05, 3.63) is 28.2 Å². The van der Waals surface area contributed by atoms with Gasteiger partial charge in [0, 0.05) is 16.9 Å². The van der Waals surface area contributed by atoms with E-state index in [0.717, 1.165) is 10.0 Å². The van der Waals surface area contributed by atoms with Crippen molar-refractivity contribution in [3.8, 4) is 5.75 Å². The van der Waals surface area contributed by atoms with Crippen LogP contribution in [0.3, 0.4) is 0 Å². The number of nitrogens with two attached hydrogens (primary N) is 2. The van der Waals surface area contributed by atoms with Crippen LogP contribution in [-0.2, 0) is 4.79 Å². The molecule has 0 bridgehead atoms. The molecule has 0 saturated heterocycles. The number of amides is 1. The van der Waals surface area contributed by atoms with E-state index < -0.39 is 11.9 Å². The van der Waals surface area contributed by atoms with Crippen LogP contribution in [0, 0.1) is 0 Å². The van der Waals surface area contributed by atoms with E-state index in [0.29, 0.717) is 5.75 Å². The predicted octanol–water partition coefficient (Wildman–Crippen LogP) is 1.33. The van der Waals surface area contributed by atoms with Crippen molar-refractivity contribution in [2.24, 2.45) is 11.5 Å². The van der Waals surface area contributed by atoms with Gasteiger partial charge in [0.2, 0.25) is 5.91 Å². The number of carbonyl (C=O) groups is 1. The summed E-state index contributed by atoms with van der Waals surface area (Å²) in [6.07, 6.45) is 0.117. The Labute approximate surface area is 96.7 Å². The Kier molecular flexibility index (Phi) is 4.11. The average molecular weight is 273 g/mol. The fourth-order valence-electron chi connectivity index (χ4n) is 1.26. The third-order valence-corrected chi connectivity index (χ3v) is 2.75. The average Bonchev–Trinajstić information content (AvgIpc) is 2.17. The molecule has 1 rings (SSSR count). The minimum absolute atomic E-state index is 0.117. The number of benzene rings is 1. The van der Waals surface area contributed by atoms with Gasteiger partial charge in [0.05, 0.1) is 7.11 Å². The summed E-state index contributed by atoms with van der Waals surface area (Å²) in [5, 5.41) is 0. The highest BCUT2D eigenvalue weighted by Gasteiger charge is 2.13. The van der Waals surface area contributed by atoms with Crippen LogP contribution in [0.2, 0.25) is 0 Å². The van der Waals surface area contributed by atoms with Crippen LogP contribution in [0.15, 0.2) is 22.7 Å². The van der Waals surface area contributed by atoms with Crippen molar-refractivity contribution in [1.29, 1.82) is 0 Å². The van der Waals surface area contributed by atoms with Gasteiger partial charge in [-0.25, -0.2) is 0 Å². The van der Waals surface area contributed by atoms with Gasteiger partial charge in [-0.15, -0.1) is 0 Å². The van der Waals surface area contributed by atoms with Crippen molar-refractivity contribution in [1.82, 2.24) is 0 Å². The molecule has 1 aromatic rings. The molecule has 0 heterocycles. The van der Waals surface area contributed by atoms with Gasteiger partial charge in [-0.05, 0) is 23.8 Å². The SMILES string of the molecule is COc1ccc(Br)c([C@@H](N)CC(N)=O)c1. The van der Waals surface area contributed by atoms with E-state index in [4.69, 9.17) is 16.2 Å². The lowest BCUT2D eigenvalue weighted by Gasteiger charge is -2.13. The van der Waals surface area contributed by atoms with E-state index in [1.54, 1.807) is 13.2 Å². The third-order valence-electron chi connectivity index (χ3n) is 2.02. The second-order valence-corrected chi connectivity index (χ2v) is 4.02. The molecule has 1 atom stereocenters. The summed E-state index contributed by atoms with van der Waals surface area (Å²) >= 11 is 3.36. The van der Waals surface area contributed by atoms with Crippen LogP contribution in [0.4, 0.5) is 0 Å². The van der Waals surface area contributed by atoms with E-state index in [9.17, 15) is 4.79 Å². The number of rotatable bonds is 4. The molecule has 0 aliphatic carbocycles. The van der Waals surface area contributed by atoms with E-state index >= 15 is 0 Å². The zero-order valence-electron chi connectivity index (χ0n) is 8.37. The fourth-order valence-corrected chi connectivity index (χ4v) is 1.80. The summed E-state index contributed by atoms with van der Waals surface area (Å²) < 4.78 is 5.92. The molecular formula is C10H13BrN2O2. The van der Waals surface area contributed by atoms with Crippen molar-refractivity contribution in [2.45, 2.75) is 12.5 Å². The normalized spacial score (nSPS) is 12.2. The highest BCUT2D eigenvalue weighted by atomic mass is 79.9. The summed E-state index contributed by atoms with van der Waals surface area (Å²) in [6, 6.07) is 5.02. The fraction of sp³-hybridized carbons (Fsp3) is 0.300. The number of hydrogen-bond donors (Lipinski definition) is 2. The van der Waals surface area contributed by atoms with E-state index in [1.165, 1.54) is 0 Å². The second kappa shape index (κ2) is 5.14. The van der Waals surface area contributed by atoms with E-state index in [-0.39, 0.29) is 6.42 Å². The quantitative estimate of drug-likeness (QED) is 0.868. The van der Waals surface area contributed by atoms with E-state index in [1.807, 2.05) is 12.1 Å². The summed E-state index contributed by atoms with van der Waals surface area (Å²) in [7, 11) is 1.58. The minimum Gasteiger partial charge on any atom is -0.497 e. The Balaban J connectivity index is 2.95. The number of primary amides is 1. The molecular weight excluding hydrogens is 260 g/mol. The largest absolute Gasteiger partial charge is 0.497 e. The van der Waals surface area contributed by atoms with Crippen molar-refractivity contribution in [3.63, 3.8) is 0 Å². The zero-order valence-corrected chi connectivity index (χ0v) is 9.95. The first kappa shape index (κ1) is 12.0. The van der Waals surface area contributed by atoms with Crippen LogP contribution in [-0.4, -0.2) is 13.0 Å². The van der Waals surface area contributed by atoms with Crippen LogP contribution >= 0.6 is 15.9 Å². The Morgan fingerprint density at radius 1 is 1.60 bits per heavy atom. The lowest BCUT2D eigenvalue weighted by atomic mass is 10.0. The summed E-state index contributed by atoms with van der Waals surface area (Å²) in [4.78, 5) is 10.7. The molecule has 0 aromatic heterocycles. The van der Waals surface area contributed by atoms with Gasteiger partial charge in [-0.1, -0.05) is 15.9 Å². The second-order valence-electron chi connectivity index (χ2n) is 3.16. The maximum Gasteiger partial charge on any atom is 0.219 e. The molecule has 1 amide bonds. The van der Waals surface area contributed by atoms with Gasteiger partial charge in [0.1, 0.15) is 5.75 Å². The van der Waals surface area contributed by atoms with Gasteiger partial charge in [-0.2, -0.15) is 0 Å². The molecule has 0 aliphatic rings. The molecule has 1 aromatic carbocycles. The molecule has 0 saturated carbocycles. The van der Waals surface area contributed by atoms with Gasteiger partial charge < -0.3 is 16.2 Å². The molecule has 0 aliphatic heterocycles. The Morgan fingerprint density at radius 3 is 2.80 bits per heavy atom. The van der Waals surface area contributed by atoms with Gasteiger partial charge >= 0.3 is 0 Å². The van der Waals surface area contributed by atoms with E-state index in [2.05, 4.69) is 15.9 Å².